The Bertz CT molecular complexity index is 1040. The lowest BCUT2D eigenvalue weighted by molar-refractivity contribution is 0.155. The Morgan fingerprint density at radius 2 is 1.70 bits per heavy atom. The first-order valence-electron chi connectivity index (χ1n) is 10.6. The highest BCUT2D eigenvalue weighted by Crippen LogP contribution is 2.45. The van der Waals surface area contributed by atoms with Gasteiger partial charge in [-0.2, -0.15) is 0 Å². The second-order valence-corrected chi connectivity index (χ2v) is 8.49. The van der Waals surface area contributed by atoms with Gasteiger partial charge < -0.3 is 5.11 Å². The van der Waals surface area contributed by atoms with Crippen molar-refractivity contribution < 1.29 is 13.9 Å². The maximum atomic E-state index is 16.1. The summed E-state index contributed by atoms with van der Waals surface area (Å²) in [6, 6.07) is 13.5. The van der Waals surface area contributed by atoms with Crippen LogP contribution in [0.5, 0.6) is 0 Å². The SMILES string of the molecule is Cc1ccc(C(F)c2c(C(C)C)nc3c(c2-c2ccc(F)cc2)C(O)CCC3)cc1. The minimum atomic E-state index is -1.39. The van der Waals surface area contributed by atoms with E-state index in [0.717, 1.165) is 24.1 Å². The van der Waals surface area contributed by atoms with E-state index in [-0.39, 0.29) is 11.7 Å². The molecule has 30 heavy (non-hydrogen) atoms. The van der Waals surface area contributed by atoms with Gasteiger partial charge in [-0.3, -0.25) is 4.98 Å². The van der Waals surface area contributed by atoms with Crippen molar-refractivity contribution in [2.45, 2.75) is 58.2 Å². The predicted octanol–water partition coefficient (Wildman–Crippen LogP) is 6.75. The van der Waals surface area contributed by atoms with Crippen LogP contribution in [-0.4, -0.2) is 10.1 Å². The van der Waals surface area contributed by atoms with Gasteiger partial charge >= 0.3 is 0 Å². The van der Waals surface area contributed by atoms with Crippen LogP contribution in [0.25, 0.3) is 11.1 Å². The lowest BCUT2D eigenvalue weighted by Crippen LogP contribution is -2.18. The predicted molar refractivity (Wildman–Crippen MR) is 116 cm³/mol. The first-order valence-corrected chi connectivity index (χ1v) is 10.6. The topological polar surface area (TPSA) is 33.1 Å². The van der Waals surface area contributed by atoms with Crippen LogP contribution in [0.4, 0.5) is 8.78 Å². The molecule has 4 heteroatoms. The van der Waals surface area contributed by atoms with Gasteiger partial charge in [-0.05, 0) is 60.9 Å². The van der Waals surface area contributed by atoms with Crippen molar-refractivity contribution in [2.24, 2.45) is 0 Å². The van der Waals surface area contributed by atoms with Gasteiger partial charge in [0.05, 0.1) is 11.8 Å². The van der Waals surface area contributed by atoms with E-state index in [4.69, 9.17) is 4.98 Å². The van der Waals surface area contributed by atoms with Crippen LogP contribution in [0.2, 0.25) is 0 Å². The minimum absolute atomic E-state index is 0.00673. The smallest absolute Gasteiger partial charge is 0.153 e. The molecule has 2 nitrogen and oxygen atoms in total. The summed E-state index contributed by atoms with van der Waals surface area (Å²) in [5.41, 5.74) is 5.71. The molecular formula is C26H27F2NO. The largest absolute Gasteiger partial charge is 0.388 e. The van der Waals surface area contributed by atoms with Crippen LogP contribution in [0, 0.1) is 12.7 Å². The molecule has 0 radical (unpaired) electrons. The Morgan fingerprint density at radius 3 is 2.33 bits per heavy atom. The average molecular weight is 408 g/mol. The van der Waals surface area contributed by atoms with Crippen LogP contribution < -0.4 is 0 Å². The molecule has 156 valence electrons. The first kappa shape index (κ1) is 20.7. The number of aliphatic hydroxyl groups excluding tert-OH is 1. The van der Waals surface area contributed by atoms with Crippen LogP contribution in [-0.2, 0) is 6.42 Å². The molecule has 0 bridgehead atoms. The van der Waals surface area contributed by atoms with E-state index < -0.39 is 12.3 Å². The van der Waals surface area contributed by atoms with E-state index in [2.05, 4.69) is 0 Å². The second kappa shape index (κ2) is 8.27. The van der Waals surface area contributed by atoms with Gasteiger partial charge in [0.25, 0.3) is 0 Å². The third kappa shape index (κ3) is 3.77. The maximum Gasteiger partial charge on any atom is 0.153 e. The van der Waals surface area contributed by atoms with Gasteiger partial charge in [-0.25, -0.2) is 8.78 Å². The highest BCUT2D eigenvalue weighted by molar-refractivity contribution is 5.75. The van der Waals surface area contributed by atoms with E-state index >= 15 is 4.39 Å². The fourth-order valence-corrected chi connectivity index (χ4v) is 4.37. The van der Waals surface area contributed by atoms with Crippen LogP contribution >= 0.6 is 0 Å². The molecule has 1 N–H and O–H groups in total. The molecule has 0 saturated heterocycles. The molecule has 4 rings (SSSR count). The molecule has 0 spiro atoms. The Kier molecular flexibility index (Phi) is 5.70. The van der Waals surface area contributed by atoms with Crippen LogP contribution in [0.1, 0.15) is 78.5 Å². The Labute approximate surface area is 176 Å². The van der Waals surface area contributed by atoms with Crippen molar-refractivity contribution >= 4 is 0 Å². The van der Waals surface area contributed by atoms with Gasteiger partial charge in [0, 0.05) is 16.8 Å². The molecule has 0 saturated carbocycles. The Hall–Kier alpha value is -2.59. The molecule has 3 aromatic rings. The molecule has 2 atom stereocenters. The number of halogens is 2. The summed E-state index contributed by atoms with van der Waals surface area (Å²) in [5.74, 6) is -0.338. The zero-order valence-corrected chi connectivity index (χ0v) is 17.6. The molecule has 2 aromatic carbocycles. The number of aromatic nitrogens is 1. The molecule has 1 aliphatic carbocycles. The van der Waals surface area contributed by atoms with E-state index in [1.165, 1.54) is 12.1 Å². The molecule has 1 heterocycles. The summed E-state index contributed by atoms with van der Waals surface area (Å²) < 4.78 is 29.8. The lowest BCUT2D eigenvalue weighted by Gasteiger charge is -2.30. The number of alkyl halides is 1. The maximum absolute atomic E-state index is 16.1. The fraction of sp³-hybridized carbons (Fsp3) is 0.346. The number of hydrogen-bond acceptors (Lipinski definition) is 2. The highest BCUT2D eigenvalue weighted by atomic mass is 19.1. The number of hydrogen-bond donors (Lipinski definition) is 1. The Morgan fingerprint density at radius 1 is 1.03 bits per heavy atom. The number of aliphatic hydroxyl groups is 1. The number of fused-ring (bicyclic) bond motifs is 1. The average Bonchev–Trinajstić information content (AvgIpc) is 2.73. The molecular weight excluding hydrogens is 380 g/mol. The lowest BCUT2D eigenvalue weighted by atomic mass is 9.80. The van der Waals surface area contributed by atoms with Crippen molar-refractivity contribution in [2.75, 3.05) is 0 Å². The summed E-state index contributed by atoms with van der Waals surface area (Å²) in [5, 5.41) is 10.9. The highest BCUT2D eigenvalue weighted by Gasteiger charge is 2.32. The quantitative estimate of drug-likeness (QED) is 0.519. The molecule has 0 amide bonds. The van der Waals surface area contributed by atoms with Crippen molar-refractivity contribution in [3.05, 3.63) is 88.0 Å². The summed E-state index contributed by atoms with van der Waals surface area (Å²) in [4.78, 5) is 4.86. The van der Waals surface area contributed by atoms with Gasteiger partial charge in [0.2, 0.25) is 0 Å². The van der Waals surface area contributed by atoms with Gasteiger partial charge in [-0.15, -0.1) is 0 Å². The minimum Gasteiger partial charge on any atom is -0.388 e. The second-order valence-electron chi connectivity index (χ2n) is 8.49. The van der Waals surface area contributed by atoms with Crippen molar-refractivity contribution in [3.8, 4) is 11.1 Å². The monoisotopic (exact) mass is 407 g/mol. The van der Waals surface area contributed by atoms with Gasteiger partial charge in [-0.1, -0.05) is 55.8 Å². The fourth-order valence-electron chi connectivity index (χ4n) is 4.37. The standard InChI is InChI=1S/C26H27F2NO/c1-15(2)26-24(25(28)18-9-7-16(3)8-10-18)22(17-11-13-19(27)14-12-17)23-20(29-26)5-4-6-21(23)30/h7-15,21,25,30H,4-6H2,1-3H3. The van der Waals surface area contributed by atoms with Crippen LogP contribution in [0.3, 0.4) is 0 Å². The van der Waals surface area contributed by atoms with E-state index in [9.17, 15) is 9.50 Å². The number of nitrogens with zero attached hydrogens (tertiary/aromatic N) is 1. The number of pyridine rings is 1. The molecule has 1 aromatic heterocycles. The number of aryl methyl sites for hydroxylation is 2. The third-order valence-electron chi connectivity index (χ3n) is 5.91. The zero-order valence-electron chi connectivity index (χ0n) is 17.6. The van der Waals surface area contributed by atoms with E-state index in [1.807, 2.05) is 32.9 Å². The summed E-state index contributed by atoms with van der Waals surface area (Å²) in [6.45, 7) is 5.99. The Balaban J connectivity index is 2.04. The van der Waals surface area contributed by atoms with Gasteiger partial charge in [0.1, 0.15) is 5.82 Å². The van der Waals surface area contributed by atoms with Crippen molar-refractivity contribution in [1.82, 2.24) is 4.98 Å². The summed E-state index contributed by atoms with van der Waals surface area (Å²) >= 11 is 0. The van der Waals surface area contributed by atoms with E-state index in [1.54, 1.807) is 24.3 Å². The first-order chi connectivity index (χ1) is 14.4. The van der Waals surface area contributed by atoms with Crippen LogP contribution in [0.15, 0.2) is 48.5 Å². The normalized spacial score (nSPS) is 17.1. The van der Waals surface area contributed by atoms with E-state index in [0.29, 0.717) is 39.9 Å². The van der Waals surface area contributed by atoms with Crippen molar-refractivity contribution in [3.63, 3.8) is 0 Å². The van der Waals surface area contributed by atoms with Crippen molar-refractivity contribution in [1.29, 1.82) is 0 Å². The third-order valence-corrected chi connectivity index (χ3v) is 5.91. The molecule has 0 aliphatic heterocycles. The number of rotatable bonds is 4. The zero-order chi connectivity index (χ0) is 21.4. The molecule has 1 aliphatic rings. The summed E-state index contributed by atoms with van der Waals surface area (Å²) in [6.07, 6.45) is 0.117. The number of benzene rings is 2. The molecule has 2 unspecified atom stereocenters. The van der Waals surface area contributed by atoms with Gasteiger partial charge in [0.15, 0.2) is 6.17 Å². The molecule has 0 fully saturated rings. The summed E-state index contributed by atoms with van der Waals surface area (Å²) in [7, 11) is 0.